The van der Waals surface area contributed by atoms with E-state index in [1.165, 1.54) is 35.6 Å². The lowest BCUT2D eigenvalue weighted by Crippen LogP contribution is -2.36. The minimum Gasteiger partial charge on any atom is -0.462 e. The van der Waals surface area contributed by atoms with Gasteiger partial charge in [0.1, 0.15) is 5.00 Å². The number of ether oxygens (including phenoxy) is 2. The lowest BCUT2D eigenvalue weighted by atomic mass is 10.0. The monoisotopic (exact) mass is 494 g/mol. The van der Waals surface area contributed by atoms with Crippen molar-refractivity contribution in [2.45, 2.75) is 38.6 Å². The molecule has 0 saturated heterocycles. The van der Waals surface area contributed by atoms with E-state index in [0.717, 1.165) is 10.4 Å². The first-order valence-electron chi connectivity index (χ1n) is 10.6. The first-order valence-corrected chi connectivity index (χ1v) is 13.1. The number of benzene rings is 1. The number of nitrogens with zero attached hydrogens (tertiary/aromatic N) is 1. The molecular weight excluding hydrogens is 468 g/mol. The van der Waals surface area contributed by atoms with Crippen LogP contribution >= 0.6 is 11.3 Å². The molecule has 0 unspecified atom stereocenters. The molecule has 2 aromatic rings. The summed E-state index contributed by atoms with van der Waals surface area (Å²) < 4.78 is 34.3. The third-order valence-electron chi connectivity index (χ3n) is 5.15. The number of hydrogen-bond acceptors (Lipinski definition) is 8. The Morgan fingerprint density at radius 2 is 1.73 bits per heavy atom. The van der Waals surface area contributed by atoms with E-state index in [1.807, 2.05) is 0 Å². The number of sulfone groups is 1. The third-order valence-corrected chi connectivity index (χ3v) is 8.03. The number of amides is 2. The van der Waals surface area contributed by atoms with Crippen LogP contribution in [-0.2, 0) is 32.3 Å². The Balaban J connectivity index is 1.88. The summed E-state index contributed by atoms with van der Waals surface area (Å²) in [5.74, 6) is -1.06. The Kier molecular flexibility index (Phi) is 7.75. The molecule has 2 amide bonds. The second-order valence-corrected chi connectivity index (χ2v) is 10.6. The van der Waals surface area contributed by atoms with Gasteiger partial charge in [-0.2, -0.15) is 0 Å². The quantitative estimate of drug-likeness (QED) is 0.585. The normalized spacial score (nSPS) is 13.2. The molecule has 11 heteroatoms. The summed E-state index contributed by atoms with van der Waals surface area (Å²) in [6.07, 6.45) is 0.0000517. The largest absolute Gasteiger partial charge is 0.462 e. The fourth-order valence-corrected chi connectivity index (χ4v) is 5.57. The van der Waals surface area contributed by atoms with E-state index in [2.05, 4.69) is 5.32 Å². The number of hydrogen-bond donors (Lipinski definition) is 1. The van der Waals surface area contributed by atoms with Gasteiger partial charge in [0, 0.05) is 17.0 Å². The van der Waals surface area contributed by atoms with Gasteiger partial charge in [0.2, 0.25) is 0 Å². The molecule has 1 aliphatic rings. The van der Waals surface area contributed by atoms with Crippen molar-refractivity contribution in [3.63, 3.8) is 0 Å². The van der Waals surface area contributed by atoms with Crippen LogP contribution in [0.3, 0.4) is 0 Å². The molecule has 0 bridgehead atoms. The zero-order valence-electron chi connectivity index (χ0n) is 18.7. The fourth-order valence-electron chi connectivity index (χ4n) is 3.44. The van der Waals surface area contributed by atoms with Gasteiger partial charge in [0.15, 0.2) is 9.84 Å². The number of esters is 1. The highest BCUT2D eigenvalue weighted by atomic mass is 32.2. The minimum atomic E-state index is -3.38. The van der Waals surface area contributed by atoms with E-state index in [0.29, 0.717) is 23.5 Å². The van der Waals surface area contributed by atoms with Gasteiger partial charge in [-0.3, -0.25) is 4.79 Å². The number of fused-ring (bicyclic) bond motifs is 1. The molecule has 178 valence electrons. The number of anilines is 1. The Morgan fingerprint density at radius 3 is 2.33 bits per heavy atom. The van der Waals surface area contributed by atoms with Crippen LogP contribution in [0.4, 0.5) is 9.80 Å². The average Bonchev–Trinajstić information content (AvgIpc) is 3.16. The molecule has 1 aromatic heterocycles. The Hall–Kier alpha value is -2.92. The third kappa shape index (κ3) is 5.36. The highest BCUT2D eigenvalue weighted by molar-refractivity contribution is 7.91. The molecule has 0 radical (unpaired) electrons. The van der Waals surface area contributed by atoms with Crippen molar-refractivity contribution in [3.05, 3.63) is 45.8 Å². The van der Waals surface area contributed by atoms with Gasteiger partial charge in [-0.05, 0) is 50.1 Å². The standard InChI is InChI=1S/C22H26N2O7S2/c1-4-30-21(26)18-16-11-12-24(22(27)31-5-2)13-17(16)32-20(18)23-19(25)14-7-9-15(10-8-14)33(28,29)6-3/h7-10H,4-6,11-13H2,1-3H3,(H,23,25). The summed E-state index contributed by atoms with van der Waals surface area (Å²) in [6, 6.07) is 5.63. The van der Waals surface area contributed by atoms with Crippen molar-refractivity contribution in [2.24, 2.45) is 0 Å². The molecule has 1 N–H and O–H groups in total. The first kappa shape index (κ1) is 24.7. The summed E-state index contributed by atoms with van der Waals surface area (Å²) in [5.41, 5.74) is 1.29. The number of carbonyl (C=O) groups excluding carboxylic acids is 3. The fraction of sp³-hybridized carbons (Fsp3) is 0.409. The summed E-state index contributed by atoms with van der Waals surface area (Å²) in [4.78, 5) is 40.1. The maximum Gasteiger partial charge on any atom is 0.410 e. The van der Waals surface area contributed by atoms with E-state index in [4.69, 9.17) is 9.47 Å². The highest BCUT2D eigenvalue weighted by Gasteiger charge is 2.31. The van der Waals surface area contributed by atoms with Crippen LogP contribution in [0.2, 0.25) is 0 Å². The van der Waals surface area contributed by atoms with Crippen LogP contribution in [-0.4, -0.2) is 56.8 Å². The molecule has 1 aromatic carbocycles. The molecule has 1 aliphatic heterocycles. The SMILES string of the molecule is CCOC(=O)c1c(NC(=O)c2ccc(S(=O)(=O)CC)cc2)sc2c1CCN(C(=O)OCC)C2. The lowest BCUT2D eigenvalue weighted by molar-refractivity contribution is 0.0526. The van der Waals surface area contributed by atoms with Gasteiger partial charge in [-0.1, -0.05) is 6.92 Å². The van der Waals surface area contributed by atoms with Crippen molar-refractivity contribution in [1.82, 2.24) is 4.90 Å². The number of thiophene rings is 1. The minimum absolute atomic E-state index is 0.0367. The Morgan fingerprint density at radius 1 is 1.06 bits per heavy atom. The number of rotatable bonds is 7. The zero-order valence-corrected chi connectivity index (χ0v) is 20.3. The van der Waals surface area contributed by atoms with Crippen molar-refractivity contribution < 1.29 is 32.3 Å². The molecule has 2 heterocycles. The predicted molar refractivity (Wildman–Crippen MR) is 124 cm³/mol. The average molecular weight is 495 g/mol. The van der Waals surface area contributed by atoms with Crippen LogP contribution in [0, 0.1) is 0 Å². The van der Waals surface area contributed by atoms with Crippen molar-refractivity contribution in [1.29, 1.82) is 0 Å². The zero-order chi connectivity index (χ0) is 24.2. The predicted octanol–water partition coefficient (Wildman–Crippen LogP) is 3.49. The first-order chi connectivity index (χ1) is 15.7. The van der Waals surface area contributed by atoms with Crippen LogP contribution in [0.1, 0.15) is 51.9 Å². The molecule has 33 heavy (non-hydrogen) atoms. The van der Waals surface area contributed by atoms with Crippen LogP contribution in [0.5, 0.6) is 0 Å². The molecule has 0 aliphatic carbocycles. The smallest absolute Gasteiger partial charge is 0.410 e. The second kappa shape index (κ2) is 10.3. The summed E-state index contributed by atoms with van der Waals surface area (Å²) in [7, 11) is -3.38. The van der Waals surface area contributed by atoms with Gasteiger partial charge < -0.3 is 19.7 Å². The van der Waals surface area contributed by atoms with Gasteiger partial charge in [0.25, 0.3) is 5.91 Å². The van der Waals surface area contributed by atoms with E-state index in [9.17, 15) is 22.8 Å². The molecule has 0 fully saturated rings. The van der Waals surface area contributed by atoms with Gasteiger partial charge in [-0.25, -0.2) is 18.0 Å². The molecule has 0 atom stereocenters. The van der Waals surface area contributed by atoms with Gasteiger partial charge in [-0.15, -0.1) is 11.3 Å². The maximum atomic E-state index is 12.9. The number of nitrogens with one attached hydrogen (secondary N) is 1. The molecule has 9 nitrogen and oxygen atoms in total. The Bertz CT molecular complexity index is 1150. The maximum absolute atomic E-state index is 12.9. The molecule has 0 spiro atoms. The molecular formula is C22H26N2O7S2. The summed E-state index contributed by atoms with van der Waals surface area (Å²) in [6.45, 7) is 6.08. The number of carbonyl (C=O) groups is 3. The van der Waals surface area contributed by atoms with E-state index in [-0.39, 0.29) is 36.0 Å². The van der Waals surface area contributed by atoms with Crippen molar-refractivity contribution in [2.75, 3.05) is 30.8 Å². The lowest BCUT2D eigenvalue weighted by Gasteiger charge is -2.26. The highest BCUT2D eigenvalue weighted by Crippen LogP contribution is 2.38. The molecule has 0 saturated carbocycles. The second-order valence-electron chi connectivity index (χ2n) is 7.18. The summed E-state index contributed by atoms with van der Waals surface area (Å²) >= 11 is 1.21. The van der Waals surface area contributed by atoms with E-state index >= 15 is 0 Å². The van der Waals surface area contributed by atoms with Crippen LogP contribution in [0.25, 0.3) is 0 Å². The van der Waals surface area contributed by atoms with E-state index in [1.54, 1.807) is 25.7 Å². The van der Waals surface area contributed by atoms with Crippen molar-refractivity contribution in [3.8, 4) is 0 Å². The van der Waals surface area contributed by atoms with Crippen LogP contribution in [0.15, 0.2) is 29.2 Å². The van der Waals surface area contributed by atoms with E-state index < -0.39 is 27.8 Å². The Labute approximate surface area is 196 Å². The van der Waals surface area contributed by atoms with Gasteiger partial charge >= 0.3 is 12.1 Å². The topological polar surface area (TPSA) is 119 Å². The van der Waals surface area contributed by atoms with Crippen LogP contribution < -0.4 is 5.32 Å². The van der Waals surface area contributed by atoms with Gasteiger partial charge in [0.05, 0.1) is 36.0 Å². The summed E-state index contributed by atoms with van der Waals surface area (Å²) in [5, 5.41) is 3.09. The molecule has 3 rings (SSSR count). The van der Waals surface area contributed by atoms with Crippen molar-refractivity contribution >= 4 is 44.1 Å².